The van der Waals surface area contributed by atoms with E-state index < -0.39 is 11.8 Å². The predicted octanol–water partition coefficient (Wildman–Crippen LogP) is 1.13. The van der Waals surface area contributed by atoms with Gasteiger partial charge < -0.3 is 4.74 Å². The Morgan fingerprint density at radius 1 is 1.42 bits per heavy atom. The van der Waals surface area contributed by atoms with E-state index in [1.165, 1.54) is 12.2 Å². The van der Waals surface area contributed by atoms with E-state index in [9.17, 15) is 9.59 Å². The van der Waals surface area contributed by atoms with Gasteiger partial charge in [-0.25, -0.2) is 4.79 Å². The van der Waals surface area contributed by atoms with Crippen molar-refractivity contribution < 1.29 is 14.3 Å². The van der Waals surface area contributed by atoms with Crippen molar-refractivity contribution in [2.45, 2.75) is 6.92 Å². The largest absolute Gasteiger partial charge is 0.420 e. The molecule has 0 bridgehead atoms. The molecule has 0 saturated heterocycles. The lowest BCUT2D eigenvalue weighted by Gasteiger charge is -1.90. The number of rotatable bonds is 2. The Bertz CT molecular complexity index is 308. The fraction of sp³-hybridized carbons (Fsp3) is 0.111. The smallest absolute Gasteiger partial charge is 0.385 e. The average molecular weight is 164 g/mol. The molecule has 1 rings (SSSR count). The summed E-state index contributed by atoms with van der Waals surface area (Å²) in [7, 11) is 0. The first kappa shape index (κ1) is 8.46. The zero-order valence-corrected chi connectivity index (χ0v) is 6.66. The van der Waals surface area contributed by atoms with Gasteiger partial charge in [-0.2, -0.15) is 0 Å². The minimum Gasteiger partial charge on any atom is -0.420 e. The Kier molecular flexibility index (Phi) is 2.24. The molecule has 0 amide bonds. The third-order valence-electron chi connectivity index (χ3n) is 1.42. The fourth-order valence-electron chi connectivity index (χ4n) is 0.899. The number of hydrogen-bond donors (Lipinski definition) is 0. The molecule has 0 N–H and O–H groups in total. The maximum absolute atomic E-state index is 11.0. The van der Waals surface area contributed by atoms with Crippen LogP contribution in [0.25, 0.3) is 0 Å². The molecule has 0 unspecified atom stereocenters. The van der Waals surface area contributed by atoms with E-state index in [4.69, 9.17) is 0 Å². The zero-order valence-electron chi connectivity index (χ0n) is 6.66. The van der Waals surface area contributed by atoms with Gasteiger partial charge in [0.15, 0.2) is 0 Å². The Labute approximate surface area is 70.0 Å². The van der Waals surface area contributed by atoms with Crippen LogP contribution in [0.4, 0.5) is 0 Å². The van der Waals surface area contributed by atoms with Crippen LogP contribution < -0.4 is 0 Å². The molecule has 0 aromatic heterocycles. The summed E-state index contributed by atoms with van der Waals surface area (Å²) < 4.78 is 4.61. The second kappa shape index (κ2) is 3.17. The van der Waals surface area contributed by atoms with Crippen molar-refractivity contribution in [3.8, 4) is 0 Å². The van der Waals surface area contributed by atoms with Crippen LogP contribution in [0.5, 0.6) is 0 Å². The van der Waals surface area contributed by atoms with Gasteiger partial charge in [-0.3, -0.25) is 4.79 Å². The number of ketones is 1. The molecule has 3 heteroatoms. The summed E-state index contributed by atoms with van der Waals surface area (Å²) in [6.07, 6.45) is 4.54. The highest BCUT2D eigenvalue weighted by Crippen LogP contribution is 2.18. The van der Waals surface area contributed by atoms with Crippen LogP contribution in [0, 0.1) is 0 Å². The number of ether oxygens (including phenoxy) is 1. The van der Waals surface area contributed by atoms with Crippen LogP contribution in [0.3, 0.4) is 0 Å². The molecule has 1 aliphatic rings. The summed E-state index contributed by atoms with van der Waals surface area (Å²) in [5.41, 5.74) is 0.275. The van der Waals surface area contributed by atoms with Crippen molar-refractivity contribution in [3.05, 3.63) is 36.1 Å². The second-order valence-electron chi connectivity index (χ2n) is 2.20. The van der Waals surface area contributed by atoms with E-state index in [0.29, 0.717) is 0 Å². The fourth-order valence-corrected chi connectivity index (χ4v) is 0.899. The van der Waals surface area contributed by atoms with Crippen molar-refractivity contribution in [1.82, 2.24) is 0 Å². The monoisotopic (exact) mass is 164 g/mol. The first-order valence-electron chi connectivity index (χ1n) is 3.46. The van der Waals surface area contributed by atoms with Gasteiger partial charge in [0.05, 0.1) is 5.57 Å². The molecule has 0 aromatic carbocycles. The molecule has 0 atom stereocenters. The molecule has 1 aliphatic heterocycles. The van der Waals surface area contributed by atoms with Crippen LogP contribution in [0.2, 0.25) is 0 Å². The molecule has 0 radical (unpaired) electrons. The predicted molar refractivity (Wildman–Crippen MR) is 43.1 cm³/mol. The van der Waals surface area contributed by atoms with Gasteiger partial charge in [-0.1, -0.05) is 18.7 Å². The summed E-state index contributed by atoms with van der Waals surface area (Å²) in [6.45, 7) is 5.18. The summed E-state index contributed by atoms with van der Waals surface area (Å²) in [5.74, 6) is -1.20. The highest BCUT2D eigenvalue weighted by atomic mass is 16.5. The Hall–Kier alpha value is -1.64. The summed E-state index contributed by atoms with van der Waals surface area (Å²) in [4.78, 5) is 21.8. The Balaban J connectivity index is 3.11. The zero-order chi connectivity index (χ0) is 9.14. The van der Waals surface area contributed by atoms with Gasteiger partial charge in [0.1, 0.15) is 5.76 Å². The lowest BCUT2D eigenvalue weighted by Crippen LogP contribution is -2.08. The SMILES string of the molecule is C=CC1=C(/C=C\C)C(=O)C(=O)O1. The molecule has 0 spiro atoms. The quantitative estimate of drug-likeness (QED) is 0.454. The van der Waals surface area contributed by atoms with Crippen molar-refractivity contribution in [3.63, 3.8) is 0 Å². The molecule has 0 saturated carbocycles. The number of carbonyl (C=O) groups excluding carboxylic acids is 2. The van der Waals surface area contributed by atoms with Crippen molar-refractivity contribution >= 4 is 11.8 Å². The maximum Gasteiger partial charge on any atom is 0.385 e. The second-order valence-corrected chi connectivity index (χ2v) is 2.20. The van der Waals surface area contributed by atoms with E-state index >= 15 is 0 Å². The molecule has 62 valence electrons. The minimum absolute atomic E-state index is 0.239. The normalized spacial score (nSPS) is 17.4. The van der Waals surface area contributed by atoms with Crippen molar-refractivity contribution in [1.29, 1.82) is 0 Å². The van der Waals surface area contributed by atoms with E-state index in [0.717, 1.165) is 0 Å². The van der Waals surface area contributed by atoms with Crippen LogP contribution in [-0.4, -0.2) is 11.8 Å². The lowest BCUT2D eigenvalue weighted by molar-refractivity contribution is -0.146. The number of cyclic esters (lactones) is 1. The lowest BCUT2D eigenvalue weighted by atomic mass is 10.1. The Morgan fingerprint density at radius 2 is 2.08 bits per heavy atom. The van der Waals surface area contributed by atoms with Gasteiger partial charge in [0.25, 0.3) is 5.78 Å². The van der Waals surface area contributed by atoms with Crippen molar-refractivity contribution in [2.24, 2.45) is 0 Å². The standard InChI is InChI=1S/C9H8O3/c1-3-5-6-7(4-2)12-9(11)8(6)10/h3-5H,2H2,1H3/b5-3-. The molecular weight excluding hydrogens is 156 g/mol. The van der Waals surface area contributed by atoms with Crippen LogP contribution in [0.15, 0.2) is 36.1 Å². The minimum atomic E-state index is -0.835. The summed E-state index contributed by atoms with van der Waals surface area (Å²) >= 11 is 0. The maximum atomic E-state index is 11.0. The van der Waals surface area contributed by atoms with E-state index in [1.807, 2.05) is 0 Å². The first-order valence-corrected chi connectivity index (χ1v) is 3.46. The molecular formula is C9H8O3. The summed E-state index contributed by atoms with van der Waals surface area (Å²) in [5, 5.41) is 0. The molecule has 12 heavy (non-hydrogen) atoms. The van der Waals surface area contributed by atoms with Crippen LogP contribution in [-0.2, 0) is 14.3 Å². The number of Topliss-reactive ketones (excluding diaryl/α,β-unsaturated/α-hetero) is 1. The van der Waals surface area contributed by atoms with Gasteiger partial charge in [0, 0.05) is 0 Å². The van der Waals surface area contributed by atoms with E-state index in [2.05, 4.69) is 11.3 Å². The Morgan fingerprint density at radius 3 is 2.58 bits per heavy atom. The molecule has 3 nitrogen and oxygen atoms in total. The number of esters is 1. The molecule has 0 aromatic rings. The van der Waals surface area contributed by atoms with Gasteiger partial charge in [0.2, 0.25) is 0 Å². The third kappa shape index (κ3) is 1.21. The van der Waals surface area contributed by atoms with E-state index in [1.54, 1.807) is 13.0 Å². The van der Waals surface area contributed by atoms with Crippen molar-refractivity contribution in [2.75, 3.05) is 0 Å². The molecule has 0 aliphatic carbocycles. The molecule has 1 heterocycles. The average Bonchev–Trinajstić information content (AvgIpc) is 2.33. The van der Waals surface area contributed by atoms with Crippen LogP contribution in [0.1, 0.15) is 6.92 Å². The van der Waals surface area contributed by atoms with Crippen LogP contribution >= 0.6 is 0 Å². The van der Waals surface area contributed by atoms with Gasteiger partial charge in [-0.15, -0.1) is 0 Å². The highest BCUT2D eigenvalue weighted by Gasteiger charge is 2.30. The molecule has 0 fully saturated rings. The highest BCUT2D eigenvalue weighted by molar-refractivity contribution is 6.43. The summed E-state index contributed by atoms with van der Waals surface area (Å²) in [6, 6.07) is 0. The number of carbonyl (C=O) groups is 2. The van der Waals surface area contributed by atoms with E-state index in [-0.39, 0.29) is 11.3 Å². The number of hydrogen-bond acceptors (Lipinski definition) is 3. The number of allylic oxidation sites excluding steroid dienone is 3. The topological polar surface area (TPSA) is 43.4 Å². The third-order valence-corrected chi connectivity index (χ3v) is 1.42. The van der Waals surface area contributed by atoms with Gasteiger partial charge >= 0.3 is 5.97 Å². The van der Waals surface area contributed by atoms with Gasteiger partial charge in [-0.05, 0) is 13.0 Å². The first-order chi connectivity index (χ1) is 5.70.